The van der Waals surface area contributed by atoms with Gasteiger partial charge >= 0.3 is 0 Å². The lowest BCUT2D eigenvalue weighted by molar-refractivity contribution is 0.462. The number of pyridine rings is 1. The number of aromatic amines is 1. The quantitative estimate of drug-likeness (QED) is 0.789. The number of hydrogen-bond acceptors (Lipinski definition) is 4. The Labute approximate surface area is 116 Å². The molecule has 2 aromatic heterocycles. The van der Waals surface area contributed by atoms with Gasteiger partial charge in [-0.1, -0.05) is 6.07 Å². The van der Waals surface area contributed by atoms with Crippen LogP contribution in [0.25, 0.3) is 10.9 Å². The van der Waals surface area contributed by atoms with E-state index in [-0.39, 0.29) is 15.9 Å². The van der Waals surface area contributed by atoms with Crippen LogP contribution in [0.4, 0.5) is 0 Å². The highest BCUT2D eigenvalue weighted by atomic mass is 79.9. The predicted molar refractivity (Wildman–Crippen MR) is 74.4 cm³/mol. The summed E-state index contributed by atoms with van der Waals surface area (Å²) in [5.74, 6) is 0.824. The zero-order valence-electron chi connectivity index (χ0n) is 9.63. The Bertz CT molecular complexity index is 796. The molecule has 0 atom stereocenters. The van der Waals surface area contributed by atoms with Crippen LogP contribution in [0.15, 0.2) is 52.1 Å². The Kier molecular flexibility index (Phi) is 3.00. The highest BCUT2D eigenvalue weighted by Gasteiger charge is 2.10. The normalized spacial score (nSPS) is 10.6. The van der Waals surface area contributed by atoms with E-state index >= 15 is 0 Å². The van der Waals surface area contributed by atoms with E-state index in [0.29, 0.717) is 5.75 Å². The lowest BCUT2D eigenvalue weighted by Crippen LogP contribution is -2.08. The lowest BCUT2D eigenvalue weighted by Gasteiger charge is -2.08. The standard InChI is InChI=1S/C13H8BrN3O2/c14-11-12(18)16-7-17-13(11)19-10-5-1-4-9-8(10)3-2-6-15-9/h1-7H,(H,16,17,18). The van der Waals surface area contributed by atoms with E-state index in [9.17, 15) is 4.79 Å². The lowest BCUT2D eigenvalue weighted by atomic mass is 10.2. The van der Waals surface area contributed by atoms with Crippen molar-refractivity contribution in [1.82, 2.24) is 15.0 Å². The summed E-state index contributed by atoms with van der Waals surface area (Å²) >= 11 is 3.15. The highest BCUT2D eigenvalue weighted by molar-refractivity contribution is 9.10. The van der Waals surface area contributed by atoms with Gasteiger partial charge in [0.25, 0.3) is 5.56 Å². The molecule has 0 aliphatic heterocycles. The first-order chi connectivity index (χ1) is 9.25. The molecule has 0 amide bonds. The number of hydrogen-bond donors (Lipinski definition) is 1. The van der Waals surface area contributed by atoms with Crippen LogP contribution in [0.1, 0.15) is 0 Å². The average molecular weight is 318 g/mol. The molecule has 0 bridgehead atoms. The van der Waals surface area contributed by atoms with Gasteiger partial charge in [0.1, 0.15) is 10.2 Å². The minimum atomic E-state index is -0.289. The van der Waals surface area contributed by atoms with Crippen LogP contribution in [0.2, 0.25) is 0 Å². The van der Waals surface area contributed by atoms with Crippen LogP contribution < -0.4 is 10.3 Å². The van der Waals surface area contributed by atoms with Crippen molar-refractivity contribution >= 4 is 26.8 Å². The molecule has 3 aromatic rings. The van der Waals surface area contributed by atoms with Gasteiger partial charge in [-0.25, -0.2) is 4.98 Å². The maximum absolute atomic E-state index is 11.5. The third-order valence-corrected chi connectivity index (χ3v) is 3.28. The first kappa shape index (κ1) is 11.9. The highest BCUT2D eigenvalue weighted by Crippen LogP contribution is 2.29. The molecule has 1 N–H and O–H groups in total. The molecule has 0 spiro atoms. The first-order valence-corrected chi connectivity index (χ1v) is 6.30. The summed E-state index contributed by atoms with van der Waals surface area (Å²) in [5.41, 5.74) is 0.532. The summed E-state index contributed by atoms with van der Waals surface area (Å²) < 4.78 is 5.95. The summed E-state index contributed by atoms with van der Waals surface area (Å²) in [6.07, 6.45) is 3.01. The molecular weight excluding hydrogens is 310 g/mol. The fourth-order valence-corrected chi connectivity index (χ4v) is 2.00. The monoisotopic (exact) mass is 317 g/mol. The topological polar surface area (TPSA) is 67.9 Å². The van der Waals surface area contributed by atoms with Gasteiger partial charge in [0.2, 0.25) is 5.88 Å². The molecule has 5 nitrogen and oxygen atoms in total. The van der Waals surface area contributed by atoms with E-state index in [1.54, 1.807) is 12.3 Å². The molecule has 0 radical (unpaired) electrons. The second kappa shape index (κ2) is 4.81. The molecule has 94 valence electrons. The van der Waals surface area contributed by atoms with Gasteiger partial charge in [0, 0.05) is 11.6 Å². The Morgan fingerprint density at radius 2 is 2.05 bits per heavy atom. The molecule has 0 unspecified atom stereocenters. The fourth-order valence-electron chi connectivity index (χ4n) is 1.71. The van der Waals surface area contributed by atoms with Crippen molar-refractivity contribution in [1.29, 1.82) is 0 Å². The van der Waals surface area contributed by atoms with E-state index in [1.807, 2.05) is 24.3 Å². The first-order valence-electron chi connectivity index (χ1n) is 5.50. The van der Waals surface area contributed by atoms with Crippen molar-refractivity contribution in [3.05, 3.63) is 57.7 Å². The van der Waals surface area contributed by atoms with E-state index in [0.717, 1.165) is 10.9 Å². The summed E-state index contributed by atoms with van der Waals surface area (Å²) in [4.78, 5) is 22.2. The van der Waals surface area contributed by atoms with Crippen LogP contribution in [0, 0.1) is 0 Å². The third kappa shape index (κ3) is 2.22. The molecule has 1 aromatic carbocycles. The largest absolute Gasteiger partial charge is 0.437 e. The number of H-pyrrole nitrogens is 1. The van der Waals surface area contributed by atoms with Gasteiger partial charge < -0.3 is 9.72 Å². The van der Waals surface area contributed by atoms with Crippen LogP contribution in [-0.4, -0.2) is 15.0 Å². The van der Waals surface area contributed by atoms with E-state index in [2.05, 4.69) is 30.9 Å². The van der Waals surface area contributed by atoms with E-state index in [1.165, 1.54) is 6.33 Å². The van der Waals surface area contributed by atoms with Gasteiger partial charge in [0.15, 0.2) is 0 Å². The Morgan fingerprint density at radius 3 is 2.95 bits per heavy atom. The molecule has 0 aliphatic rings. The summed E-state index contributed by atoms with van der Waals surface area (Å²) in [5, 5.41) is 0.860. The maximum atomic E-state index is 11.5. The molecule has 19 heavy (non-hydrogen) atoms. The average Bonchev–Trinajstić information content (AvgIpc) is 2.44. The van der Waals surface area contributed by atoms with Crippen molar-refractivity contribution in [3.8, 4) is 11.6 Å². The molecular formula is C13H8BrN3O2. The Balaban J connectivity index is 2.11. The number of fused-ring (bicyclic) bond motifs is 1. The summed E-state index contributed by atoms with van der Waals surface area (Å²) in [7, 11) is 0. The number of aromatic nitrogens is 3. The van der Waals surface area contributed by atoms with Crippen molar-refractivity contribution in [2.75, 3.05) is 0 Å². The van der Waals surface area contributed by atoms with Crippen LogP contribution >= 0.6 is 15.9 Å². The SMILES string of the molecule is O=c1[nH]cnc(Oc2cccc3ncccc23)c1Br. The zero-order valence-corrected chi connectivity index (χ0v) is 11.2. The summed E-state index contributed by atoms with van der Waals surface area (Å²) in [6.45, 7) is 0. The molecule has 2 heterocycles. The molecule has 0 fully saturated rings. The van der Waals surface area contributed by atoms with Gasteiger partial charge in [-0.05, 0) is 40.2 Å². The minimum Gasteiger partial charge on any atom is -0.437 e. The van der Waals surface area contributed by atoms with Crippen molar-refractivity contribution in [2.45, 2.75) is 0 Å². The van der Waals surface area contributed by atoms with Crippen LogP contribution in [0.5, 0.6) is 11.6 Å². The van der Waals surface area contributed by atoms with Crippen LogP contribution in [0.3, 0.4) is 0 Å². The van der Waals surface area contributed by atoms with Gasteiger partial charge in [0.05, 0.1) is 11.8 Å². The van der Waals surface area contributed by atoms with E-state index in [4.69, 9.17) is 4.74 Å². The molecule has 0 saturated carbocycles. The van der Waals surface area contributed by atoms with Crippen molar-refractivity contribution in [3.63, 3.8) is 0 Å². The molecule has 0 aliphatic carbocycles. The Morgan fingerprint density at radius 1 is 1.16 bits per heavy atom. The Hall–Kier alpha value is -2.21. The number of nitrogens with zero attached hydrogens (tertiary/aromatic N) is 2. The third-order valence-electron chi connectivity index (χ3n) is 2.58. The maximum Gasteiger partial charge on any atom is 0.268 e. The number of benzene rings is 1. The second-order valence-electron chi connectivity index (χ2n) is 3.78. The molecule has 6 heteroatoms. The molecule has 0 saturated heterocycles. The van der Waals surface area contributed by atoms with Crippen molar-refractivity contribution < 1.29 is 4.74 Å². The fraction of sp³-hybridized carbons (Fsp3) is 0. The van der Waals surface area contributed by atoms with Gasteiger partial charge in [-0.3, -0.25) is 9.78 Å². The van der Waals surface area contributed by atoms with Gasteiger partial charge in [-0.2, -0.15) is 0 Å². The van der Waals surface area contributed by atoms with Crippen LogP contribution in [-0.2, 0) is 0 Å². The van der Waals surface area contributed by atoms with Crippen molar-refractivity contribution in [2.24, 2.45) is 0 Å². The number of rotatable bonds is 2. The predicted octanol–water partition coefficient (Wildman–Crippen LogP) is 2.87. The summed E-state index contributed by atoms with van der Waals surface area (Å²) in [6, 6.07) is 9.27. The second-order valence-corrected chi connectivity index (χ2v) is 4.57. The smallest absolute Gasteiger partial charge is 0.268 e. The minimum absolute atomic E-state index is 0.222. The van der Waals surface area contributed by atoms with E-state index < -0.39 is 0 Å². The number of nitrogens with one attached hydrogen (secondary N) is 1. The van der Waals surface area contributed by atoms with Gasteiger partial charge in [-0.15, -0.1) is 0 Å². The zero-order chi connectivity index (χ0) is 13.2. The number of ether oxygens (including phenoxy) is 1. The molecule has 3 rings (SSSR count). The number of halogens is 1.